The number of rotatable bonds is 4. The number of ether oxygens (including phenoxy) is 1. The van der Waals surface area contributed by atoms with Crippen LogP contribution in [0, 0.1) is 6.92 Å². The number of benzene rings is 1. The normalized spacial score (nSPS) is 21.6. The van der Waals surface area contributed by atoms with E-state index in [1.807, 2.05) is 0 Å². The van der Waals surface area contributed by atoms with Crippen LogP contribution in [0.2, 0.25) is 0 Å². The Morgan fingerprint density at radius 2 is 2.39 bits per heavy atom. The van der Waals surface area contributed by atoms with Crippen LogP contribution in [-0.4, -0.2) is 31.8 Å². The molecular weight excluding hydrogens is 292 g/mol. The Balaban J connectivity index is 1.85. The van der Waals surface area contributed by atoms with Gasteiger partial charge < -0.3 is 15.4 Å². The Morgan fingerprint density at radius 1 is 1.56 bits per heavy atom. The van der Waals surface area contributed by atoms with Crippen molar-refractivity contribution < 1.29 is 4.74 Å². The van der Waals surface area contributed by atoms with E-state index < -0.39 is 0 Å². The van der Waals surface area contributed by atoms with Gasteiger partial charge in [0.15, 0.2) is 0 Å². The fraction of sp³-hybridized carbons (Fsp3) is 0.571. The lowest BCUT2D eigenvalue weighted by molar-refractivity contribution is 0.0731. The minimum absolute atomic E-state index is 0.429. The summed E-state index contributed by atoms with van der Waals surface area (Å²) >= 11 is 3.56. The molecule has 2 unspecified atom stereocenters. The zero-order valence-electron chi connectivity index (χ0n) is 11.0. The Labute approximate surface area is 117 Å². The van der Waals surface area contributed by atoms with Crippen LogP contribution in [-0.2, 0) is 4.74 Å². The van der Waals surface area contributed by atoms with Crippen LogP contribution in [0.3, 0.4) is 0 Å². The van der Waals surface area contributed by atoms with Crippen molar-refractivity contribution in [2.24, 2.45) is 0 Å². The van der Waals surface area contributed by atoms with Crippen molar-refractivity contribution in [1.29, 1.82) is 0 Å². The fourth-order valence-electron chi connectivity index (χ4n) is 2.22. The predicted molar refractivity (Wildman–Crippen MR) is 79.2 cm³/mol. The molecule has 4 heteroatoms. The molecule has 0 bridgehead atoms. The first-order chi connectivity index (χ1) is 8.65. The average Bonchev–Trinajstić information content (AvgIpc) is 2.35. The molecule has 1 aromatic carbocycles. The molecule has 0 radical (unpaired) electrons. The molecule has 1 fully saturated rings. The zero-order valence-corrected chi connectivity index (χ0v) is 12.6. The van der Waals surface area contributed by atoms with E-state index >= 15 is 0 Å². The fourth-order valence-corrected chi connectivity index (χ4v) is 2.60. The lowest BCUT2D eigenvalue weighted by Crippen LogP contribution is -2.43. The van der Waals surface area contributed by atoms with Gasteiger partial charge in [-0.05, 0) is 38.0 Å². The standard InChI is InChI=1S/C14H21BrN2O/c1-10-3-4-12(8-14(10)15)17-11(2)7-13-9-18-6-5-16-13/h3-4,8,11,13,16-17H,5-7,9H2,1-2H3. The summed E-state index contributed by atoms with van der Waals surface area (Å²) in [4.78, 5) is 0. The topological polar surface area (TPSA) is 33.3 Å². The van der Waals surface area contributed by atoms with Crippen LogP contribution in [0.25, 0.3) is 0 Å². The number of morpholine rings is 1. The predicted octanol–water partition coefficient (Wildman–Crippen LogP) is 2.94. The van der Waals surface area contributed by atoms with E-state index in [-0.39, 0.29) is 0 Å². The highest BCUT2D eigenvalue weighted by molar-refractivity contribution is 9.10. The van der Waals surface area contributed by atoms with Gasteiger partial charge in [-0.2, -0.15) is 0 Å². The van der Waals surface area contributed by atoms with Crippen molar-refractivity contribution in [3.63, 3.8) is 0 Å². The van der Waals surface area contributed by atoms with E-state index in [0.717, 1.165) is 36.3 Å². The van der Waals surface area contributed by atoms with Crippen molar-refractivity contribution in [1.82, 2.24) is 5.32 Å². The molecule has 1 saturated heterocycles. The van der Waals surface area contributed by atoms with E-state index in [2.05, 4.69) is 58.6 Å². The van der Waals surface area contributed by atoms with Crippen molar-refractivity contribution >= 4 is 21.6 Å². The van der Waals surface area contributed by atoms with Gasteiger partial charge in [0, 0.05) is 28.8 Å². The summed E-state index contributed by atoms with van der Waals surface area (Å²) in [6, 6.07) is 7.29. The van der Waals surface area contributed by atoms with Crippen molar-refractivity contribution in [3.05, 3.63) is 28.2 Å². The van der Waals surface area contributed by atoms with Gasteiger partial charge in [-0.1, -0.05) is 22.0 Å². The van der Waals surface area contributed by atoms with Gasteiger partial charge in [-0.15, -0.1) is 0 Å². The summed E-state index contributed by atoms with van der Waals surface area (Å²) in [5, 5.41) is 7.01. The summed E-state index contributed by atoms with van der Waals surface area (Å²) in [6.45, 7) is 6.94. The van der Waals surface area contributed by atoms with E-state index in [9.17, 15) is 0 Å². The van der Waals surface area contributed by atoms with Gasteiger partial charge in [0.05, 0.1) is 13.2 Å². The second kappa shape index (κ2) is 6.55. The molecule has 2 rings (SSSR count). The highest BCUT2D eigenvalue weighted by Gasteiger charge is 2.16. The monoisotopic (exact) mass is 312 g/mol. The van der Waals surface area contributed by atoms with Crippen molar-refractivity contribution in [3.8, 4) is 0 Å². The van der Waals surface area contributed by atoms with Gasteiger partial charge in [0.25, 0.3) is 0 Å². The van der Waals surface area contributed by atoms with Crippen LogP contribution in [0.15, 0.2) is 22.7 Å². The highest BCUT2D eigenvalue weighted by atomic mass is 79.9. The highest BCUT2D eigenvalue weighted by Crippen LogP contribution is 2.21. The lowest BCUT2D eigenvalue weighted by Gasteiger charge is -2.27. The minimum Gasteiger partial charge on any atom is -0.382 e. The number of aryl methyl sites for hydroxylation is 1. The van der Waals surface area contributed by atoms with Crippen LogP contribution in [0.1, 0.15) is 18.9 Å². The molecule has 1 aromatic rings. The molecule has 2 N–H and O–H groups in total. The Bertz CT molecular complexity index is 391. The molecule has 3 nitrogen and oxygen atoms in total. The summed E-state index contributed by atoms with van der Waals surface area (Å²) in [6.07, 6.45) is 1.07. The van der Waals surface area contributed by atoms with Gasteiger partial charge in [-0.25, -0.2) is 0 Å². The molecule has 0 aliphatic carbocycles. The van der Waals surface area contributed by atoms with Crippen LogP contribution in [0.4, 0.5) is 5.69 Å². The molecule has 1 heterocycles. The number of anilines is 1. The molecule has 0 spiro atoms. The first kappa shape index (κ1) is 13.8. The average molecular weight is 313 g/mol. The molecule has 2 atom stereocenters. The van der Waals surface area contributed by atoms with Crippen molar-refractivity contribution in [2.75, 3.05) is 25.1 Å². The second-order valence-corrected chi connectivity index (χ2v) is 5.83. The molecular formula is C14H21BrN2O. The lowest BCUT2D eigenvalue weighted by atomic mass is 10.1. The van der Waals surface area contributed by atoms with Gasteiger partial charge in [0.2, 0.25) is 0 Å². The molecule has 0 aromatic heterocycles. The first-order valence-electron chi connectivity index (χ1n) is 6.49. The van der Waals surface area contributed by atoms with Gasteiger partial charge in [0.1, 0.15) is 0 Å². The first-order valence-corrected chi connectivity index (χ1v) is 7.28. The summed E-state index contributed by atoms with van der Waals surface area (Å²) in [7, 11) is 0. The van der Waals surface area contributed by atoms with E-state index in [1.165, 1.54) is 5.56 Å². The van der Waals surface area contributed by atoms with Crippen molar-refractivity contribution in [2.45, 2.75) is 32.4 Å². The molecule has 18 heavy (non-hydrogen) atoms. The molecule has 100 valence electrons. The Kier molecular flexibility index (Phi) is 5.03. The SMILES string of the molecule is Cc1ccc(NC(C)CC2COCCN2)cc1Br. The van der Waals surface area contributed by atoms with Gasteiger partial charge >= 0.3 is 0 Å². The minimum atomic E-state index is 0.429. The number of halogens is 1. The quantitative estimate of drug-likeness (QED) is 0.897. The van der Waals surface area contributed by atoms with E-state index in [1.54, 1.807) is 0 Å². The largest absolute Gasteiger partial charge is 0.382 e. The van der Waals surface area contributed by atoms with Gasteiger partial charge in [-0.3, -0.25) is 0 Å². The molecule has 1 aliphatic heterocycles. The Hall–Kier alpha value is -0.580. The molecule has 1 aliphatic rings. The maximum absolute atomic E-state index is 5.47. The van der Waals surface area contributed by atoms with Crippen LogP contribution in [0.5, 0.6) is 0 Å². The Morgan fingerprint density at radius 3 is 3.06 bits per heavy atom. The third-order valence-electron chi connectivity index (χ3n) is 3.22. The summed E-state index contributed by atoms with van der Waals surface area (Å²) in [5.74, 6) is 0. The smallest absolute Gasteiger partial charge is 0.0621 e. The maximum atomic E-state index is 5.47. The van der Waals surface area contributed by atoms with E-state index in [0.29, 0.717) is 12.1 Å². The third kappa shape index (κ3) is 3.97. The third-order valence-corrected chi connectivity index (χ3v) is 4.08. The number of hydrogen-bond acceptors (Lipinski definition) is 3. The maximum Gasteiger partial charge on any atom is 0.0621 e. The number of nitrogens with one attached hydrogen (secondary N) is 2. The summed E-state index contributed by atoms with van der Waals surface area (Å²) in [5.41, 5.74) is 2.42. The second-order valence-electron chi connectivity index (χ2n) is 4.97. The molecule has 0 saturated carbocycles. The van der Waals surface area contributed by atoms with Crippen LogP contribution < -0.4 is 10.6 Å². The van der Waals surface area contributed by atoms with Crippen LogP contribution >= 0.6 is 15.9 Å². The zero-order chi connectivity index (χ0) is 13.0. The molecule has 0 amide bonds. The number of hydrogen-bond donors (Lipinski definition) is 2. The van der Waals surface area contributed by atoms with E-state index in [4.69, 9.17) is 4.74 Å². The summed E-state index contributed by atoms with van der Waals surface area (Å²) < 4.78 is 6.62.